The third-order valence-corrected chi connectivity index (χ3v) is 5.52. The van der Waals surface area contributed by atoms with Crippen molar-refractivity contribution in [2.24, 2.45) is 0 Å². The van der Waals surface area contributed by atoms with Crippen LogP contribution in [0.1, 0.15) is 65.8 Å². The summed E-state index contributed by atoms with van der Waals surface area (Å²) in [4.78, 5) is 37.9. The fourth-order valence-corrected chi connectivity index (χ4v) is 3.88. The summed E-state index contributed by atoms with van der Waals surface area (Å²) >= 11 is 0. The Morgan fingerprint density at radius 3 is 2.19 bits per heavy atom. The summed E-state index contributed by atoms with van der Waals surface area (Å²) in [6.45, 7) is 10.3. The highest BCUT2D eigenvalue weighted by atomic mass is 16.6. The Kier molecular flexibility index (Phi) is 8.74. The molecule has 0 heterocycles. The van der Waals surface area contributed by atoms with E-state index in [4.69, 9.17) is 9.47 Å². The Morgan fingerprint density at radius 1 is 0.917 bits per heavy atom. The van der Waals surface area contributed by atoms with E-state index in [1.54, 1.807) is 55.5 Å². The summed E-state index contributed by atoms with van der Waals surface area (Å²) in [5.41, 5.74) is 1.88. The number of carbonyl (C=O) groups excluding carboxylic acids is 3. The number of rotatable bonds is 11. The zero-order chi connectivity index (χ0) is 26.4. The smallest absolute Gasteiger partial charge is 0.333 e. The molecule has 1 unspecified atom stereocenters. The second-order valence-electron chi connectivity index (χ2n) is 8.80. The van der Waals surface area contributed by atoms with E-state index in [1.807, 2.05) is 19.9 Å². The molecule has 0 aliphatic rings. The molecule has 0 aromatic heterocycles. The van der Waals surface area contributed by atoms with Crippen LogP contribution in [0.4, 0.5) is 0 Å². The van der Waals surface area contributed by atoms with Gasteiger partial charge in [0.15, 0.2) is 11.6 Å². The van der Waals surface area contributed by atoms with E-state index in [0.29, 0.717) is 38.8 Å². The van der Waals surface area contributed by atoms with Gasteiger partial charge < -0.3 is 14.6 Å². The minimum absolute atomic E-state index is 0.0174. The first-order chi connectivity index (χ1) is 17.1. The number of ketones is 2. The molecule has 2 N–H and O–H groups in total. The molecule has 7 nitrogen and oxygen atoms in total. The molecule has 1 atom stereocenters. The highest BCUT2D eigenvalue weighted by Gasteiger charge is 2.24. The number of nitrogens with one attached hydrogen (secondary N) is 1. The van der Waals surface area contributed by atoms with Crippen LogP contribution in [-0.4, -0.2) is 41.9 Å². The SMILES string of the molecule is C=C(C)C(=O)OCCOc1ccc(C(C)=O)c2c(C(O)NC(C)C)ccc(C(=O)c3ccccc3)c12. The summed E-state index contributed by atoms with van der Waals surface area (Å²) < 4.78 is 11.1. The van der Waals surface area contributed by atoms with Gasteiger partial charge in [-0.25, -0.2) is 4.79 Å². The van der Waals surface area contributed by atoms with Gasteiger partial charge in [-0.2, -0.15) is 0 Å². The Morgan fingerprint density at radius 2 is 1.58 bits per heavy atom. The average molecular weight is 490 g/mol. The van der Waals surface area contributed by atoms with Gasteiger partial charge in [0.25, 0.3) is 0 Å². The molecular weight excluding hydrogens is 458 g/mol. The van der Waals surface area contributed by atoms with Gasteiger partial charge in [-0.1, -0.05) is 43.0 Å². The maximum absolute atomic E-state index is 13.5. The van der Waals surface area contributed by atoms with Crippen LogP contribution >= 0.6 is 0 Å². The molecule has 0 saturated carbocycles. The van der Waals surface area contributed by atoms with Gasteiger partial charge in [-0.3, -0.25) is 14.9 Å². The van der Waals surface area contributed by atoms with Gasteiger partial charge in [0, 0.05) is 44.6 Å². The van der Waals surface area contributed by atoms with Crippen molar-refractivity contribution < 1.29 is 29.0 Å². The molecule has 188 valence electrons. The predicted molar refractivity (Wildman–Crippen MR) is 138 cm³/mol. The molecule has 3 rings (SSSR count). The second kappa shape index (κ2) is 11.7. The van der Waals surface area contributed by atoms with E-state index in [-0.39, 0.29) is 36.4 Å². The summed E-state index contributed by atoms with van der Waals surface area (Å²) in [7, 11) is 0. The van der Waals surface area contributed by atoms with Crippen molar-refractivity contribution in [3.8, 4) is 5.75 Å². The molecule has 0 spiro atoms. The lowest BCUT2D eigenvalue weighted by Gasteiger charge is -2.22. The highest BCUT2D eigenvalue weighted by Crippen LogP contribution is 2.37. The van der Waals surface area contributed by atoms with Crippen LogP contribution in [0.15, 0.2) is 66.7 Å². The standard InChI is InChI=1S/C29H31NO6/c1-17(2)29(34)36-16-15-35-24-14-13-21(19(5)31)25-23(28(33)30-18(3)4)12-11-22(26(24)25)27(32)20-9-7-6-8-10-20/h6-14,18,28,30,33H,1,15-16H2,2-5H3. The predicted octanol–water partition coefficient (Wildman–Crippen LogP) is 4.76. The van der Waals surface area contributed by atoms with Crippen LogP contribution in [0.3, 0.4) is 0 Å². The largest absolute Gasteiger partial charge is 0.489 e. The number of esters is 1. The molecule has 0 amide bonds. The normalized spacial score (nSPS) is 11.8. The highest BCUT2D eigenvalue weighted by molar-refractivity contribution is 6.21. The number of Topliss-reactive ketones (excluding diaryl/α,β-unsaturated/α-hetero) is 1. The van der Waals surface area contributed by atoms with Crippen molar-refractivity contribution >= 4 is 28.3 Å². The molecule has 0 aliphatic heterocycles. The number of hydrogen-bond acceptors (Lipinski definition) is 7. The maximum atomic E-state index is 13.5. The molecule has 3 aromatic rings. The maximum Gasteiger partial charge on any atom is 0.333 e. The lowest BCUT2D eigenvalue weighted by molar-refractivity contribution is -0.139. The summed E-state index contributed by atoms with van der Waals surface area (Å²) in [6, 6.07) is 15.3. The van der Waals surface area contributed by atoms with Crippen molar-refractivity contribution in [3.63, 3.8) is 0 Å². The monoisotopic (exact) mass is 489 g/mol. The lowest BCUT2D eigenvalue weighted by atomic mass is 9.89. The van der Waals surface area contributed by atoms with Crippen molar-refractivity contribution in [3.05, 3.63) is 89.0 Å². The Hall–Kier alpha value is -3.81. The number of hydrogen-bond donors (Lipinski definition) is 2. The number of benzene rings is 3. The summed E-state index contributed by atoms with van der Waals surface area (Å²) in [5, 5.41) is 14.8. The fraction of sp³-hybridized carbons (Fsp3) is 0.276. The Bertz CT molecular complexity index is 1300. The summed E-state index contributed by atoms with van der Waals surface area (Å²) in [6.07, 6.45) is -1.08. The third-order valence-electron chi connectivity index (χ3n) is 5.52. The van der Waals surface area contributed by atoms with E-state index in [2.05, 4.69) is 11.9 Å². The quantitative estimate of drug-likeness (QED) is 0.132. The molecule has 3 aromatic carbocycles. The number of ether oxygens (including phenoxy) is 2. The molecule has 0 fully saturated rings. The van der Waals surface area contributed by atoms with Crippen LogP contribution in [0.5, 0.6) is 5.75 Å². The molecule has 0 aliphatic carbocycles. The van der Waals surface area contributed by atoms with Crippen LogP contribution < -0.4 is 10.1 Å². The van der Waals surface area contributed by atoms with Crippen molar-refractivity contribution in [1.29, 1.82) is 0 Å². The van der Waals surface area contributed by atoms with E-state index < -0.39 is 12.2 Å². The molecule has 0 bridgehead atoms. The van der Waals surface area contributed by atoms with Crippen molar-refractivity contribution in [2.75, 3.05) is 13.2 Å². The third kappa shape index (κ3) is 6.05. The zero-order valence-corrected chi connectivity index (χ0v) is 21.0. The Labute approximate surface area is 210 Å². The van der Waals surface area contributed by atoms with Gasteiger partial charge in [0.2, 0.25) is 0 Å². The van der Waals surface area contributed by atoms with Gasteiger partial charge >= 0.3 is 5.97 Å². The molecule has 0 saturated heterocycles. The van der Waals surface area contributed by atoms with E-state index in [0.717, 1.165) is 0 Å². The topological polar surface area (TPSA) is 102 Å². The molecule has 0 radical (unpaired) electrons. The van der Waals surface area contributed by atoms with Crippen LogP contribution in [0, 0.1) is 0 Å². The van der Waals surface area contributed by atoms with E-state index >= 15 is 0 Å². The van der Waals surface area contributed by atoms with E-state index in [1.165, 1.54) is 6.92 Å². The van der Waals surface area contributed by atoms with Gasteiger partial charge in [0.05, 0.1) is 0 Å². The van der Waals surface area contributed by atoms with Crippen LogP contribution in [-0.2, 0) is 9.53 Å². The van der Waals surface area contributed by atoms with Gasteiger partial charge in [-0.15, -0.1) is 0 Å². The van der Waals surface area contributed by atoms with E-state index in [9.17, 15) is 19.5 Å². The van der Waals surface area contributed by atoms with Crippen molar-refractivity contribution in [1.82, 2.24) is 5.32 Å². The number of carbonyl (C=O) groups is 3. The molecular formula is C29H31NO6. The summed E-state index contributed by atoms with van der Waals surface area (Å²) in [5.74, 6) is -0.665. The first-order valence-corrected chi connectivity index (χ1v) is 11.7. The average Bonchev–Trinajstić information content (AvgIpc) is 2.85. The second-order valence-corrected chi connectivity index (χ2v) is 8.80. The van der Waals surface area contributed by atoms with Crippen molar-refractivity contribution in [2.45, 2.75) is 40.0 Å². The minimum Gasteiger partial charge on any atom is -0.489 e. The lowest BCUT2D eigenvalue weighted by Crippen LogP contribution is -2.28. The number of fused-ring (bicyclic) bond motifs is 1. The number of aliphatic hydroxyl groups excluding tert-OH is 1. The minimum atomic E-state index is -1.08. The Balaban J connectivity index is 2.19. The van der Waals surface area contributed by atoms with Gasteiger partial charge in [-0.05, 0) is 45.9 Å². The first-order valence-electron chi connectivity index (χ1n) is 11.7. The zero-order valence-electron chi connectivity index (χ0n) is 21.0. The molecule has 7 heteroatoms. The van der Waals surface area contributed by atoms with Crippen LogP contribution in [0.25, 0.3) is 10.8 Å². The number of aliphatic hydroxyl groups is 1. The fourth-order valence-electron chi connectivity index (χ4n) is 3.88. The first kappa shape index (κ1) is 26.8. The van der Waals surface area contributed by atoms with Gasteiger partial charge in [0.1, 0.15) is 25.2 Å². The van der Waals surface area contributed by atoms with Crippen LogP contribution in [0.2, 0.25) is 0 Å². The molecule has 36 heavy (non-hydrogen) atoms.